The second-order valence-corrected chi connectivity index (χ2v) is 7.07. The molecule has 27 heavy (non-hydrogen) atoms. The van der Waals surface area contributed by atoms with Crippen molar-refractivity contribution < 1.29 is 5.11 Å². The van der Waals surface area contributed by atoms with Gasteiger partial charge in [0.15, 0.2) is 0 Å². The van der Waals surface area contributed by atoms with Crippen LogP contribution in [0.5, 0.6) is 5.88 Å². The molecule has 1 fully saturated rings. The van der Waals surface area contributed by atoms with E-state index >= 15 is 0 Å². The van der Waals surface area contributed by atoms with Gasteiger partial charge in [-0.3, -0.25) is 14.8 Å². The average Bonchev–Trinajstić information content (AvgIpc) is 2.63. The Kier molecular flexibility index (Phi) is 5.60. The molecule has 2 aromatic rings. The Bertz CT molecular complexity index is 957. The van der Waals surface area contributed by atoms with Crippen LogP contribution < -0.4 is 17.0 Å². The van der Waals surface area contributed by atoms with Gasteiger partial charge in [-0.05, 0) is 38.3 Å². The maximum atomic E-state index is 12.5. The van der Waals surface area contributed by atoms with Gasteiger partial charge in [0.2, 0.25) is 5.88 Å². The number of aryl methyl sites for hydroxylation is 1. The molecule has 1 heterocycles. The van der Waals surface area contributed by atoms with Gasteiger partial charge in [0, 0.05) is 6.04 Å². The Morgan fingerprint density at radius 1 is 1.26 bits per heavy atom. The Morgan fingerprint density at radius 3 is 2.56 bits per heavy atom. The van der Waals surface area contributed by atoms with Crippen LogP contribution in [0, 0.1) is 6.92 Å². The largest absolute Gasteiger partial charge is 0.493 e. The third kappa shape index (κ3) is 3.88. The van der Waals surface area contributed by atoms with Crippen LogP contribution in [0.25, 0.3) is 5.69 Å². The van der Waals surface area contributed by atoms with Crippen LogP contribution >= 0.6 is 0 Å². The first kappa shape index (κ1) is 19.1. The van der Waals surface area contributed by atoms with Gasteiger partial charge in [-0.15, -0.1) is 0 Å². The minimum atomic E-state index is -0.685. The maximum absolute atomic E-state index is 12.5. The number of benzene rings is 1. The summed E-state index contributed by atoms with van der Waals surface area (Å²) >= 11 is 0. The molecule has 1 aromatic carbocycles. The average molecular weight is 370 g/mol. The van der Waals surface area contributed by atoms with E-state index < -0.39 is 17.1 Å². The summed E-state index contributed by atoms with van der Waals surface area (Å²) in [5.74, 6) is -0.391. The quantitative estimate of drug-likeness (QED) is 0.714. The smallest absolute Gasteiger partial charge is 0.335 e. The summed E-state index contributed by atoms with van der Waals surface area (Å²) in [4.78, 5) is 31.8. The summed E-state index contributed by atoms with van der Waals surface area (Å²) in [7, 11) is 0. The van der Waals surface area contributed by atoms with Crippen molar-refractivity contribution >= 4 is 5.71 Å². The highest BCUT2D eigenvalue weighted by Gasteiger charge is 2.24. The number of nitrogens with zero attached hydrogens (tertiary/aromatic N) is 2. The normalized spacial score (nSPS) is 20.6. The van der Waals surface area contributed by atoms with Crippen LogP contribution in [0.1, 0.15) is 50.2 Å². The molecule has 2 unspecified atom stereocenters. The lowest BCUT2D eigenvalue weighted by Gasteiger charge is -2.26. The minimum Gasteiger partial charge on any atom is -0.493 e. The maximum Gasteiger partial charge on any atom is 0.335 e. The molecule has 0 saturated heterocycles. The molecular formula is C20H26N4O3. The topological polar surface area (TPSA) is 113 Å². The predicted molar refractivity (Wildman–Crippen MR) is 106 cm³/mol. The molecule has 1 aliphatic carbocycles. The number of aromatic nitrogens is 2. The predicted octanol–water partition coefficient (Wildman–Crippen LogP) is 2.01. The Morgan fingerprint density at radius 2 is 1.93 bits per heavy atom. The number of aliphatic imine (C=N–C) groups is 1. The Hall–Kier alpha value is -2.67. The summed E-state index contributed by atoms with van der Waals surface area (Å²) in [6, 6.07) is 6.98. The fourth-order valence-corrected chi connectivity index (χ4v) is 3.55. The van der Waals surface area contributed by atoms with Gasteiger partial charge >= 0.3 is 5.69 Å². The number of rotatable bonds is 4. The number of aromatic hydroxyl groups is 1. The van der Waals surface area contributed by atoms with E-state index in [9.17, 15) is 14.7 Å². The molecule has 7 heteroatoms. The zero-order valence-corrected chi connectivity index (χ0v) is 15.7. The highest BCUT2D eigenvalue weighted by molar-refractivity contribution is 6.02. The van der Waals surface area contributed by atoms with Crippen molar-refractivity contribution in [2.24, 2.45) is 10.7 Å². The van der Waals surface area contributed by atoms with Crippen LogP contribution in [0.3, 0.4) is 0 Å². The number of H-pyrrole nitrogens is 1. The minimum absolute atomic E-state index is 0.0375. The molecule has 144 valence electrons. The van der Waals surface area contributed by atoms with E-state index in [4.69, 9.17) is 10.7 Å². The van der Waals surface area contributed by atoms with Crippen molar-refractivity contribution in [3.8, 4) is 11.6 Å². The summed E-state index contributed by atoms with van der Waals surface area (Å²) in [5, 5.41) is 10.8. The number of nitrogens with one attached hydrogen (secondary N) is 1. The zero-order chi connectivity index (χ0) is 19.6. The van der Waals surface area contributed by atoms with Crippen molar-refractivity contribution in [3.63, 3.8) is 0 Å². The van der Waals surface area contributed by atoms with E-state index in [1.807, 2.05) is 26.0 Å². The summed E-state index contributed by atoms with van der Waals surface area (Å²) < 4.78 is 1.10. The molecule has 1 aliphatic rings. The standard InChI is InChI=1S/C20H26N4O3/c1-3-15(22-16-7-5-4-6-14(16)21)17-18(25)23-20(27)24(19(17)26)13-10-8-12(2)9-11-13/h8-11,14,16,26H,3-7,21H2,1-2H3,(H,23,25,27). The number of nitrogens with two attached hydrogens (primary N) is 1. The van der Waals surface area contributed by atoms with Crippen molar-refractivity contribution in [2.45, 2.75) is 58.0 Å². The van der Waals surface area contributed by atoms with Crippen molar-refractivity contribution in [1.29, 1.82) is 0 Å². The van der Waals surface area contributed by atoms with Crippen molar-refractivity contribution in [1.82, 2.24) is 9.55 Å². The number of aromatic amines is 1. The summed E-state index contributed by atoms with van der Waals surface area (Å²) in [6.45, 7) is 3.80. The van der Waals surface area contributed by atoms with Crippen molar-refractivity contribution in [2.75, 3.05) is 0 Å². The molecule has 1 aromatic heterocycles. The Balaban J connectivity index is 2.14. The third-order valence-electron chi connectivity index (χ3n) is 5.10. The lowest BCUT2D eigenvalue weighted by atomic mass is 9.91. The molecule has 4 N–H and O–H groups in total. The molecule has 2 atom stereocenters. The molecule has 7 nitrogen and oxygen atoms in total. The van der Waals surface area contributed by atoms with Gasteiger partial charge in [0.25, 0.3) is 5.56 Å². The monoisotopic (exact) mass is 370 g/mol. The Labute approximate surface area is 157 Å². The van der Waals surface area contributed by atoms with Gasteiger partial charge in [0.1, 0.15) is 5.56 Å². The van der Waals surface area contributed by atoms with Crippen LogP contribution in [-0.2, 0) is 0 Å². The lowest BCUT2D eigenvalue weighted by molar-refractivity contribution is 0.386. The highest BCUT2D eigenvalue weighted by Crippen LogP contribution is 2.23. The summed E-state index contributed by atoms with van der Waals surface area (Å²) in [5.41, 5.74) is 6.88. The second-order valence-electron chi connectivity index (χ2n) is 7.07. The van der Waals surface area contributed by atoms with Gasteiger partial charge in [0.05, 0.1) is 17.4 Å². The SMILES string of the molecule is CCC(=NC1CCCCC1N)c1c(O)n(-c2ccc(C)cc2)c(=O)[nH]c1=O. The van der Waals surface area contributed by atoms with E-state index in [1.165, 1.54) is 0 Å². The van der Waals surface area contributed by atoms with Gasteiger partial charge in [-0.1, -0.05) is 37.5 Å². The first-order valence-electron chi connectivity index (χ1n) is 9.40. The van der Waals surface area contributed by atoms with E-state index in [0.717, 1.165) is 35.8 Å². The van der Waals surface area contributed by atoms with Crippen LogP contribution in [0.2, 0.25) is 0 Å². The number of hydrogen-bond acceptors (Lipinski definition) is 5. The van der Waals surface area contributed by atoms with Gasteiger partial charge < -0.3 is 10.8 Å². The van der Waals surface area contributed by atoms with E-state index in [1.54, 1.807) is 12.1 Å². The third-order valence-corrected chi connectivity index (χ3v) is 5.10. The van der Waals surface area contributed by atoms with E-state index in [-0.39, 0.29) is 17.6 Å². The highest BCUT2D eigenvalue weighted by atomic mass is 16.3. The summed E-state index contributed by atoms with van der Waals surface area (Å²) in [6.07, 6.45) is 4.34. The first-order chi connectivity index (χ1) is 12.9. The van der Waals surface area contributed by atoms with Crippen LogP contribution in [0.4, 0.5) is 0 Å². The zero-order valence-electron chi connectivity index (χ0n) is 15.7. The molecule has 1 saturated carbocycles. The molecule has 0 amide bonds. The molecule has 0 aliphatic heterocycles. The molecule has 0 radical (unpaired) electrons. The first-order valence-corrected chi connectivity index (χ1v) is 9.40. The second kappa shape index (κ2) is 7.92. The molecular weight excluding hydrogens is 344 g/mol. The van der Waals surface area contributed by atoms with Gasteiger partial charge in [-0.2, -0.15) is 0 Å². The number of hydrogen-bond donors (Lipinski definition) is 3. The van der Waals surface area contributed by atoms with Crippen LogP contribution in [-0.4, -0.2) is 32.5 Å². The molecule has 0 bridgehead atoms. The van der Waals surface area contributed by atoms with Crippen molar-refractivity contribution in [3.05, 3.63) is 56.2 Å². The fraction of sp³-hybridized carbons (Fsp3) is 0.450. The van der Waals surface area contributed by atoms with Crippen LogP contribution in [0.15, 0.2) is 38.8 Å². The lowest BCUT2D eigenvalue weighted by Crippen LogP contribution is -2.38. The van der Waals surface area contributed by atoms with E-state index in [0.29, 0.717) is 17.8 Å². The molecule has 0 spiro atoms. The van der Waals surface area contributed by atoms with E-state index in [2.05, 4.69) is 4.98 Å². The van der Waals surface area contributed by atoms with Gasteiger partial charge in [-0.25, -0.2) is 9.36 Å². The fourth-order valence-electron chi connectivity index (χ4n) is 3.55. The molecule has 3 rings (SSSR count).